The van der Waals surface area contributed by atoms with E-state index in [4.69, 9.17) is 14.2 Å². The van der Waals surface area contributed by atoms with Crippen LogP contribution in [0.4, 0.5) is 5.69 Å². The first kappa shape index (κ1) is 21.6. The molecule has 1 aromatic heterocycles. The predicted molar refractivity (Wildman–Crippen MR) is 120 cm³/mol. The van der Waals surface area contributed by atoms with Crippen LogP contribution in [0.2, 0.25) is 0 Å². The van der Waals surface area contributed by atoms with E-state index in [2.05, 4.69) is 9.97 Å². The number of methoxy groups -OCH3 is 1. The Morgan fingerprint density at radius 2 is 1.67 bits per heavy atom. The van der Waals surface area contributed by atoms with Crippen molar-refractivity contribution in [2.45, 2.75) is 6.61 Å². The quantitative estimate of drug-likeness (QED) is 0.293. The number of non-ortho nitro benzene ring substituents is 1. The van der Waals surface area contributed by atoms with Gasteiger partial charge in [-0.15, -0.1) is 0 Å². The summed E-state index contributed by atoms with van der Waals surface area (Å²) in [4.78, 5) is 18.6. The van der Waals surface area contributed by atoms with E-state index in [-0.39, 0.29) is 18.0 Å². The van der Waals surface area contributed by atoms with Crippen molar-refractivity contribution < 1.29 is 24.2 Å². The van der Waals surface area contributed by atoms with Crippen LogP contribution in [0.1, 0.15) is 5.56 Å². The van der Waals surface area contributed by atoms with Gasteiger partial charge in [0, 0.05) is 23.8 Å². The number of phenolic OH excluding ortho intramolecular Hbond substituents is 1. The molecule has 0 atom stereocenters. The number of nitro groups is 1. The minimum atomic E-state index is -0.457. The van der Waals surface area contributed by atoms with Gasteiger partial charge in [-0.25, -0.2) is 9.97 Å². The second kappa shape index (κ2) is 9.65. The molecule has 0 aliphatic heterocycles. The zero-order valence-corrected chi connectivity index (χ0v) is 17.5. The van der Waals surface area contributed by atoms with Crippen molar-refractivity contribution in [1.82, 2.24) is 9.97 Å². The smallest absolute Gasteiger partial charge is 0.269 e. The summed E-state index contributed by atoms with van der Waals surface area (Å²) in [6, 6.07) is 18.0. The molecule has 9 heteroatoms. The molecule has 0 saturated heterocycles. The van der Waals surface area contributed by atoms with Crippen molar-refractivity contribution in [3.8, 4) is 40.0 Å². The van der Waals surface area contributed by atoms with Crippen LogP contribution in [-0.4, -0.2) is 27.1 Å². The number of benzene rings is 3. The van der Waals surface area contributed by atoms with E-state index in [0.717, 1.165) is 5.56 Å². The predicted octanol–water partition coefficient (Wildman–Crippen LogP) is 5.14. The molecule has 0 bridgehead atoms. The summed E-state index contributed by atoms with van der Waals surface area (Å²) in [5.74, 6) is 2.02. The van der Waals surface area contributed by atoms with Gasteiger partial charge < -0.3 is 19.3 Å². The maximum Gasteiger partial charge on any atom is 0.269 e. The average Bonchev–Trinajstić information content (AvgIpc) is 2.84. The van der Waals surface area contributed by atoms with Crippen LogP contribution in [0.5, 0.6) is 28.7 Å². The monoisotopic (exact) mass is 445 g/mol. The summed E-state index contributed by atoms with van der Waals surface area (Å²) in [6.07, 6.45) is 2.89. The highest BCUT2D eigenvalue weighted by Crippen LogP contribution is 2.37. The zero-order chi connectivity index (χ0) is 23.2. The molecule has 9 nitrogen and oxygen atoms in total. The molecule has 0 aliphatic rings. The number of nitrogens with zero attached hydrogens (tertiary/aromatic N) is 3. The molecule has 0 aliphatic carbocycles. The third kappa shape index (κ3) is 5.16. The first-order valence-electron chi connectivity index (χ1n) is 9.85. The largest absolute Gasteiger partial charge is 0.507 e. The third-order valence-corrected chi connectivity index (χ3v) is 4.74. The third-order valence-electron chi connectivity index (χ3n) is 4.74. The molecule has 0 unspecified atom stereocenters. The van der Waals surface area contributed by atoms with Gasteiger partial charge in [-0.2, -0.15) is 0 Å². The normalized spacial score (nSPS) is 10.5. The summed E-state index contributed by atoms with van der Waals surface area (Å²) in [5.41, 5.74) is 1.64. The molecule has 1 N–H and O–H groups in total. The lowest BCUT2D eigenvalue weighted by Gasteiger charge is -2.12. The second-order valence-corrected chi connectivity index (χ2v) is 6.90. The Morgan fingerprint density at radius 1 is 0.970 bits per heavy atom. The zero-order valence-electron chi connectivity index (χ0n) is 17.5. The fraction of sp³-hybridized carbons (Fsp3) is 0.0833. The number of aromatic hydroxyl groups is 1. The van der Waals surface area contributed by atoms with Crippen LogP contribution in [0.3, 0.4) is 0 Å². The number of ether oxygens (including phenoxy) is 3. The minimum Gasteiger partial charge on any atom is -0.507 e. The number of phenols is 1. The molecule has 33 heavy (non-hydrogen) atoms. The molecule has 0 amide bonds. The van der Waals surface area contributed by atoms with Gasteiger partial charge in [-0.05, 0) is 54.1 Å². The SMILES string of the molecule is COc1ccc(Oc2cncnc2-c2ccc(OCc3ccc([N+](=O)[O-])cc3)cc2O)cc1. The van der Waals surface area contributed by atoms with E-state index >= 15 is 0 Å². The van der Waals surface area contributed by atoms with Crippen molar-refractivity contribution in [2.75, 3.05) is 7.11 Å². The van der Waals surface area contributed by atoms with Crippen molar-refractivity contribution in [1.29, 1.82) is 0 Å². The molecule has 0 radical (unpaired) electrons. The van der Waals surface area contributed by atoms with Crippen molar-refractivity contribution in [3.05, 3.63) is 94.9 Å². The molecule has 166 valence electrons. The van der Waals surface area contributed by atoms with Crippen molar-refractivity contribution >= 4 is 5.69 Å². The van der Waals surface area contributed by atoms with Crippen LogP contribution in [0.25, 0.3) is 11.3 Å². The van der Waals surface area contributed by atoms with E-state index < -0.39 is 4.92 Å². The number of rotatable bonds is 8. The maximum atomic E-state index is 10.8. The summed E-state index contributed by atoms with van der Waals surface area (Å²) in [7, 11) is 1.58. The highest BCUT2D eigenvalue weighted by molar-refractivity contribution is 5.72. The topological polar surface area (TPSA) is 117 Å². The Morgan fingerprint density at radius 3 is 2.33 bits per heavy atom. The van der Waals surface area contributed by atoms with Gasteiger partial charge in [0.1, 0.15) is 41.6 Å². The molecule has 0 saturated carbocycles. The van der Waals surface area contributed by atoms with Crippen LogP contribution < -0.4 is 14.2 Å². The van der Waals surface area contributed by atoms with Crippen LogP contribution in [0, 0.1) is 10.1 Å². The van der Waals surface area contributed by atoms with Crippen LogP contribution >= 0.6 is 0 Å². The molecule has 0 spiro atoms. The van der Waals surface area contributed by atoms with Gasteiger partial charge in [0.2, 0.25) is 0 Å². The molecule has 1 heterocycles. The Hall–Kier alpha value is -4.66. The Balaban J connectivity index is 1.50. The van der Waals surface area contributed by atoms with Gasteiger partial charge in [0.25, 0.3) is 5.69 Å². The molecule has 0 fully saturated rings. The molecule has 4 rings (SSSR count). The lowest BCUT2D eigenvalue weighted by molar-refractivity contribution is -0.384. The number of nitro benzene ring substituents is 1. The van der Waals surface area contributed by atoms with Gasteiger partial charge in [-0.3, -0.25) is 10.1 Å². The van der Waals surface area contributed by atoms with E-state index in [1.807, 2.05) is 0 Å². The second-order valence-electron chi connectivity index (χ2n) is 6.90. The lowest BCUT2D eigenvalue weighted by atomic mass is 10.1. The van der Waals surface area contributed by atoms with Gasteiger partial charge in [0.05, 0.1) is 18.2 Å². The fourth-order valence-electron chi connectivity index (χ4n) is 3.05. The molecule has 4 aromatic rings. The van der Waals surface area contributed by atoms with Gasteiger partial charge in [0.15, 0.2) is 5.75 Å². The Kier molecular flexibility index (Phi) is 6.31. The molecular weight excluding hydrogens is 426 g/mol. The minimum absolute atomic E-state index is 0.0123. The first-order valence-corrected chi connectivity index (χ1v) is 9.85. The number of aromatic nitrogens is 2. The Labute approximate surface area is 189 Å². The highest BCUT2D eigenvalue weighted by atomic mass is 16.6. The summed E-state index contributed by atoms with van der Waals surface area (Å²) >= 11 is 0. The van der Waals surface area contributed by atoms with E-state index in [0.29, 0.717) is 34.3 Å². The Bertz CT molecular complexity index is 1260. The summed E-state index contributed by atoms with van der Waals surface area (Å²) in [5, 5.41) is 21.4. The standard InChI is InChI=1S/C24H19N3O6/c1-31-18-6-8-19(9-7-18)33-23-13-25-15-26-24(23)21-11-10-20(12-22(21)28)32-14-16-2-4-17(5-3-16)27(29)30/h2-13,15,28H,14H2,1H3. The summed E-state index contributed by atoms with van der Waals surface area (Å²) < 4.78 is 16.8. The fourth-order valence-corrected chi connectivity index (χ4v) is 3.05. The van der Waals surface area contributed by atoms with Crippen molar-refractivity contribution in [3.63, 3.8) is 0 Å². The van der Waals surface area contributed by atoms with Crippen LogP contribution in [-0.2, 0) is 6.61 Å². The number of hydrogen-bond donors (Lipinski definition) is 1. The van der Waals surface area contributed by atoms with Crippen LogP contribution in [0.15, 0.2) is 79.3 Å². The van der Waals surface area contributed by atoms with Crippen molar-refractivity contribution in [2.24, 2.45) is 0 Å². The number of hydrogen-bond acceptors (Lipinski definition) is 8. The van der Waals surface area contributed by atoms with Gasteiger partial charge in [-0.1, -0.05) is 0 Å². The lowest BCUT2D eigenvalue weighted by Crippen LogP contribution is -1.97. The van der Waals surface area contributed by atoms with E-state index in [1.54, 1.807) is 55.6 Å². The average molecular weight is 445 g/mol. The summed E-state index contributed by atoms with van der Waals surface area (Å²) in [6.45, 7) is 0.191. The van der Waals surface area contributed by atoms with E-state index in [1.165, 1.54) is 30.7 Å². The van der Waals surface area contributed by atoms with E-state index in [9.17, 15) is 15.2 Å². The van der Waals surface area contributed by atoms with Gasteiger partial charge >= 0.3 is 0 Å². The first-order chi connectivity index (χ1) is 16.0. The highest BCUT2D eigenvalue weighted by Gasteiger charge is 2.14. The molecule has 3 aromatic carbocycles. The molecular formula is C24H19N3O6. The maximum absolute atomic E-state index is 10.8.